The summed E-state index contributed by atoms with van der Waals surface area (Å²) in [4.78, 5) is 19.0. The standard InChI is InChI=1S/C30H33BrN2O4/c1-2-3-18-32-29(35)30(21-22-10-5-4-6-11-22)27(25-12-7-8-13-26(25)31)37-28(33-30)23-14-16-24(17-15-23)36-20-9-19-34/h4-8,10-17,27,34H,2-3,9,18-21H2,1H3,(H,32,35)/t27-,30-/m1/s1. The summed E-state index contributed by atoms with van der Waals surface area (Å²) in [5, 5.41) is 12.1. The van der Waals surface area contributed by atoms with Crippen molar-refractivity contribution in [3.05, 3.63) is 100 Å². The summed E-state index contributed by atoms with van der Waals surface area (Å²) in [7, 11) is 0. The lowest BCUT2D eigenvalue weighted by molar-refractivity contribution is -0.128. The van der Waals surface area contributed by atoms with Crippen LogP contribution >= 0.6 is 15.9 Å². The van der Waals surface area contributed by atoms with E-state index in [0.29, 0.717) is 37.6 Å². The monoisotopic (exact) mass is 564 g/mol. The lowest BCUT2D eigenvalue weighted by atomic mass is 9.82. The topological polar surface area (TPSA) is 80.2 Å². The Kier molecular flexibility index (Phi) is 9.36. The molecule has 1 heterocycles. The largest absolute Gasteiger partial charge is 0.494 e. The van der Waals surface area contributed by atoms with Crippen molar-refractivity contribution in [2.45, 2.75) is 44.2 Å². The lowest BCUT2D eigenvalue weighted by Gasteiger charge is -2.31. The molecule has 0 spiro atoms. The van der Waals surface area contributed by atoms with E-state index in [-0.39, 0.29) is 12.5 Å². The zero-order valence-corrected chi connectivity index (χ0v) is 22.6. The highest BCUT2D eigenvalue weighted by Gasteiger charge is 2.53. The fourth-order valence-electron chi connectivity index (χ4n) is 4.39. The van der Waals surface area contributed by atoms with Crippen LogP contribution in [0.3, 0.4) is 0 Å². The molecular formula is C30H33BrN2O4. The van der Waals surface area contributed by atoms with Gasteiger partial charge in [0.15, 0.2) is 11.6 Å². The zero-order chi connectivity index (χ0) is 26.1. The van der Waals surface area contributed by atoms with E-state index in [2.05, 4.69) is 28.2 Å². The van der Waals surface area contributed by atoms with Gasteiger partial charge in [-0.2, -0.15) is 0 Å². The predicted molar refractivity (Wildman–Crippen MR) is 149 cm³/mol. The van der Waals surface area contributed by atoms with Crippen LogP contribution in [0.5, 0.6) is 5.75 Å². The number of benzene rings is 3. The van der Waals surface area contributed by atoms with E-state index >= 15 is 0 Å². The molecule has 6 nitrogen and oxygen atoms in total. The number of aliphatic imine (C=N–C) groups is 1. The van der Waals surface area contributed by atoms with Crippen molar-refractivity contribution in [2.75, 3.05) is 19.8 Å². The van der Waals surface area contributed by atoms with Crippen molar-refractivity contribution in [1.29, 1.82) is 0 Å². The van der Waals surface area contributed by atoms with Gasteiger partial charge >= 0.3 is 0 Å². The molecule has 37 heavy (non-hydrogen) atoms. The van der Waals surface area contributed by atoms with E-state index in [4.69, 9.17) is 19.6 Å². The SMILES string of the molecule is CCCCNC(=O)[C@]1(Cc2ccccc2)N=C(c2ccc(OCCCO)cc2)O[C@@H]1c1ccccc1Br. The summed E-state index contributed by atoms with van der Waals surface area (Å²) in [5.74, 6) is 0.972. The molecule has 1 aliphatic heterocycles. The van der Waals surface area contributed by atoms with Gasteiger partial charge in [-0.25, -0.2) is 4.99 Å². The predicted octanol–water partition coefficient (Wildman–Crippen LogP) is 5.63. The summed E-state index contributed by atoms with van der Waals surface area (Å²) in [5.41, 5.74) is 1.45. The maximum Gasteiger partial charge on any atom is 0.252 e. The number of nitrogens with zero attached hydrogens (tertiary/aromatic N) is 1. The first-order valence-electron chi connectivity index (χ1n) is 12.7. The third kappa shape index (κ3) is 6.40. The molecule has 3 aromatic carbocycles. The second-order valence-electron chi connectivity index (χ2n) is 9.08. The highest BCUT2D eigenvalue weighted by Crippen LogP contribution is 2.44. The second kappa shape index (κ2) is 12.9. The van der Waals surface area contributed by atoms with Crippen molar-refractivity contribution in [3.63, 3.8) is 0 Å². The molecule has 194 valence electrons. The molecule has 2 N–H and O–H groups in total. The van der Waals surface area contributed by atoms with Crippen LogP contribution in [0, 0.1) is 0 Å². The molecule has 0 aliphatic carbocycles. The minimum atomic E-state index is -1.19. The number of aliphatic hydroxyl groups is 1. The summed E-state index contributed by atoms with van der Waals surface area (Å²) in [6.45, 7) is 3.21. The normalized spacial score (nSPS) is 18.7. The number of halogens is 1. The molecule has 0 saturated carbocycles. The van der Waals surface area contributed by atoms with Gasteiger partial charge in [0, 0.05) is 41.6 Å². The van der Waals surface area contributed by atoms with Gasteiger partial charge < -0.3 is 19.9 Å². The third-order valence-corrected chi connectivity index (χ3v) is 7.07. The average molecular weight is 566 g/mol. The van der Waals surface area contributed by atoms with Gasteiger partial charge in [0.2, 0.25) is 5.90 Å². The first-order chi connectivity index (χ1) is 18.1. The van der Waals surface area contributed by atoms with Gasteiger partial charge in [0.1, 0.15) is 5.75 Å². The number of unbranched alkanes of at least 4 members (excludes halogenated alkanes) is 1. The Hall–Kier alpha value is -3.16. The number of hydrogen-bond donors (Lipinski definition) is 2. The van der Waals surface area contributed by atoms with Crippen LogP contribution in [-0.2, 0) is 16.0 Å². The number of nitrogens with one attached hydrogen (secondary N) is 1. The van der Waals surface area contributed by atoms with E-state index in [1.54, 1.807) is 0 Å². The first kappa shape index (κ1) is 26.9. The van der Waals surface area contributed by atoms with Crippen LogP contribution < -0.4 is 10.1 Å². The zero-order valence-electron chi connectivity index (χ0n) is 21.0. The Morgan fingerprint density at radius 3 is 2.49 bits per heavy atom. The van der Waals surface area contributed by atoms with Gasteiger partial charge in [0.25, 0.3) is 5.91 Å². The molecular weight excluding hydrogens is 532 g/mol. The maximum atomic E-state index is 14.0. The number of rotatable bonds is 12. The smallest absolute Gasteiger partial charge is 0.252 e. The van der Waals surface area contributed by atoms with Gasteiger partial charge in [-0.3, -0.25) is 4.79 Å². The van der Waals surface area contributed by atoms with Crippen molar-refractivity contribution in [1.82, 2.24) is 5.32 Å². The summed E-state index contributed by atoms with van der Waals surface area (Å²) < 4.78 is 13.1. The minimum absolute atomic E-state index is 0.0863. The Bertz CT molecular complexity index is 1200. The van der Waals surface area contributed by atoms with Crippen molar-refractivity contribution >= 4 is 27.7 Å². The summed E-state index contributed by atoms with van der Waals surface area (Å²) in [6.07, 6.45) is 2.21. The number of ether oxygens (including phenoxy) is 2. The molecule has 1 amide bonds. The van der Waals surface area contributed by atoms with E-state index in [1.165, 1.54) is 0 Å². The molecule has 7 heteroatoms. The van der Waals surface area contributed by atoms with E-state index in [1.807, 2.05) is 78.9 Å². The van der Waals surface area contributed by atoms with Gasteiger partial charge in [-0.15, -0.1) is 0 Å². The number of aliphatic hydroxyl groups excluding tert-OH is 1. The summed E-state index contributed by atoms with van der Waals surface area (Å²) >= 11 is 3.68. The molecule has 0 radical (unpaired) electrons. The molecule has 1 aliphatic rings. The van der Waals surface area contributed by atoms with Crippen molar-refractivity contribution in [3.8, 4) is 5.75 Å². The molecule has 0 saturated heterocycles. The maximum absolute atomic E-state index is 14.0. The Morgan fingerprint density at radius 1 is 1.05 bits per heavy atom. The summed E-state index contributed by atoms with van der Waals surface area (Å²) in [6, 6.07) is 25.2. The second-order valence-corrected chi connectivity index (χ2v) is 9.94. The molecule has 0 unspecified atom stereocenters. The molecule has 3 aromatic rings. The Labute approximate surface area is 226 Å². The average Bonchev–Trinajstić information content (AvgIpc) is 3.30. The number of carbonyl (C=O) groups excluding carboxylic acids is 1. The van der Waals surface area contributed by atoms with E-state index in [0.717, 1.165) is 34.0 Å². The molecule has 0 aromatic heterocycles. The van der Waals surface area contributed by atoms with Crippen molar-refractivity contribution < 1.29 is 19.4 Å². The van der Waals surface area contributed by atoms with Crippen LogP contribution in [0.2, 0.25) is 0 Å². The fourth-order valence-corrected chi connectivity index (χ4v) is 4.88. The Morgan fingerprint density at radius 2 is 1.78 bits per heavy atom. The van der Waals surface area contributed by atoms with Gasteiger partial charge in [-0.05, 0) is 42.3 Å². The quantitative estimate of drug-likeness (QED) is 0.279. The van der Waals surface area contributed by atoms with E-state index < -0.39 is 11.6 Å². The third-order valence-electron chi connectivity index (χ3n) is 6.35. The highest BCUT2D eigenvalue weighted by atomic mass is 79.9. The number of amides is 1. The van der Waals surface area contributed by atoms with Gasteiger partial charge in [0.05, 0.1) is 6.61 Å². The van der Waals surface area contributed by atoms with Crippen LogP contribution in [0.25, 0.3) is 0 Å². The van der Waals surface area contributed by atoms with Crippen LogP contribution in [0.1, 0.15) is 49.0 Å². The molecule has 2 atom stereocenters. The van der Waals surface area contributed by atoms with Crippen LogP contribution in [0.4, 0.5) is 0 Å². The van der Waals surface area contributed by atoms with Crippen LogP contribution in [0.15, 0.2) is 88.3 Å². The molecule has 0 fully saturated rings. The van der Waals surface area contributed by atoms with Crippen molar-refractivity contribution in [2.24, 2.45) is 4.99 Å². The van der Waals surface area contributed by atoms with Crippen LogP contribution in [-0.4, -0.2) is 42.2 Å². The number of hydrogen-bond acceptors (Lipinski definition) is 5. The number of carbonyl (C=O) groups is 1. The minimum Gasteiger partial charge on any atom is -0.494 e. The lowest BCUT2D eigenvalue weighted by Crippen LogP contribution is -2.50. The first-order valence-corrected chi connectivity index (χ1v) is 13.5. The molecule has 4 rings (SSSR count). The Balaban J connectivity index is 1.76. The molecule has 0 bridgehead atoms. The van der Waals surface area contributed by atoms with Gasteiger partial charge in [-0.1, -0.05) is 77.8 Å². The highest BCUT2D eigenvalue weighted by molar-refractivity contribution is 9.10. The van der Waals surface area contributed by atoms with E-state index in [9.17, 15) is 4.79 Å². The fraction of sp³-hybridized carbons (Fsp3) is 0.333.